The molecule has 7 heteroatoms. The molecule has 1 saturated heterocycles. The van der Waals surface area contributed by atoms with Gasteiger partial charge in [0, 0.05) is 36.0 Å². The highest BCUT2D eigenvalue weighted by Gasteiger charge is 2.25. The number of fused-ring (bicyclic) bond motifs is 3. The molecule has 5 aromatic rings. The number of nitrogens with zero attached hydrogens (tertiary/aromatic N) is 2. The molecule has 216 valence electrons. The van der Waals surface area contributed by atoms with Crippen molar-refractivity contribution in [3.05, 3.63) is 102 Å². The molecule has 1 fully saturated rings. The number of nitriles is 1. The molecule has 2 N–H and O–H groups in total. The van der Waals surface area contributed by atoms with Gasteiger partial charge >= 0.3 is 0 Å². The smallest absolute Gasteiger partial charge is 0.287 e. The Balaban J connectivity index is 1.12. The summed E-state index contributed by atoms with van der Waals surface area (Å²) in [5.41, 5.74) is 5.31. The number of carbonyl (C=O) groups excluding carboxylic acids is 2. The Morgan fingerprint density at radius 1 is 0.977 bits per heavy atom. The molecule has 6 rings (SSSR count). The lowest BCUT2D eigenvalue weighted by Gasteiger charge is -2.36. The first-order valence-corrected chi connectivity index (χ1v) is 14.7. The summed E-state index contributed by atoms with van der Waals surface area (Å²) in [5.74, 6) is 0.438. The van der Waals surface area contributed by atoms with E-state index in [9.17, 15) is 14.9 Å². The number of furan rings is 1. The predicted octanol–water partition coefficient (Wildman–Crippen LogP) is 7.08. The lowest BCUT2D eigenvalue weighted by Crippen LogP contribution is -2.45. The molecule has 43 heavy (non-hydrogen) atoms. The van der Waals surface area contributed by atoms with Gasteiger partial charge in [-0.3, -0.25) is 14.5 Å². The quantitative estimate of drug-likeness (QED) is 0.218. The molecular weight excluding hydrogens is 536 g/mol. The third-order valence-corrected chi connectivity index (χ3v) is 8.44. The van der Waals surface area contributed by atoms with Crippen LogP contribution in [0, 0.1) is 11.3 Å². The number of hydrogen-bond acceptors (Lipinski definition) is 5. The first kappa shape index (κ1) is 28.2. The lowest BCUT2D eigenvalue weighted by molar-refractivity contribution is -0.114. The van der Waals surface area contributed by atoms with Gasteiger partial charge in [-0.05, 0) is 97.2 Å². The van der Waals surface area contributed by atoms with Crippen molar-refractivity contribution in [3.8, 4) is 17.2 Å². The Morgan fingerprint density at radius 2 is 1.74 bits per heavy atom. The summed E-state index contributed by atoms with van der Waals surface area (Å²) >= 11 is 0. The van der Waals surface area contributed by atoms with E-state index in [4.69, 9.17) is 4.42 Å². The number of nitrogens with one attached hydrogen (secondary N) is 2. The molecule has 1 unspecified atom stereocenters. The number of hydrogen-bond donors (Lipinski definition) is 2. The molecule has 7 nitrogen and oxygen atoms in total. The zero-order chi connectivity index (χ0) is 29.9. The Morgan fingerprint density at radius 3 is 2.51 bits per heavy atom. The van der Waals surface area contributed by atoms with Crippen LogP contribution in [-0.4, -0.2) is 42.4 Å². The number of likely N-dealkylation sites (tertiary alicyclic amines) is 1. The fourth-order valence-corrected chi connectivity index (χ4v) is 6.18. The third kappa shape index (κ3) is 6.01. The molecule has 1 aliphatic rings. The molecule has 0 saturated carbocycles. The molecule has 0 radical (unpaired) electrons. The molecule has 1 atom stereocenters. The minimum atomic E-state index is -0.232. The maximum Gasteiger partial charge on any atom is 0.287 e. The second-order valence-corrected chi connectivity index (χ2v) is 11.4. The molecule has 0 bridgehead atoms. The van der Waals surface area contributed by atoms with Gasteiger partial charge in [0.05, 0.1) is 11.6 Å². The molecule has 0 aliphatic carbocycles. The lowest BCUT2D eigenvalue weighted by atomic mass is 9.88. The second-order valence-electron chi connectivity index (χ2n) is 11.4. The minimum Gasteiger partial charge on any atom is -0.450 e. The normalized spacial score (nSPS) is 14.8. The number of rotatable bonds is 7. The van der Waals surface area contributed by atoms with Crippen LogP contribution in [0.15, 0.2) is 89.3 Å². The Labute approximate surface area is 251 Å². The fourth-order valence-electron chi connectivity index (χ4n) is 6.18. The van der Waals surface area contributed by atoms with Crippen LogP contribution in [0.4, 0.5) is 5.69 Å². The number of piperidine rings is 1. The first-order valence-electron chi connectivity index (χ1n) is 14.7. The predicted molar refractivity (Wildman–Crippen MR) is 170 cm³/mol. The van der Waals surface area contributed by atoms with Crippen molar-refractivity contribution >= 4 is 39.2 Å². The van der Waals surface area contributed by atoms with E-state index in [1.54, 1.807) is 12.1 Å². The average Bonchev–Trinajstić information content (AvgIpc) is 3.48. The van der Waals surface area contributed by atoms with Gasteiger partial charge in [-0.25, -0.2) is 0 Å². The maximum absolute atomic E-state index is 13.2. The van der Waals surface area contributed by atoms with E-state index in [2.05, 4.69) is 40.7 Å². The third-order valence-electron chi connectivity index (χ3n) is 8.44. The Kier molecular flexibility index (Phi) is 7.95. The summed E-state index contributed by atoms with van der Waals surface area (Å²) in [6.07, 6.45) is 2.05. The molecule has 4 aromatic carbocycles. The highest BCUT2D eigenvalue weighted by molar-refractivity contribution is 6.13. The number of benzene rings is 4. The van der Waals surface area contributed by atoms with Crippen LogP contribution in [0.5, 0.6) is 0 Å². The van der Waals surface area contributed by atoms with Crippen molar-refractivity contribution in [3.63, 3.8) is 0 Å². The van der Waals surface area contributed by atoms with E-state index in [1.807, 2.05) is 60.7 Å². The Hall–Kier alpha value is -4.93. The molecule has 2 heterocycles. The summed E-state index contributed by atoms with van der Waals surface area (Å²) in [5, 5.41) is 18.1. The van der Waals surface area contributed by atoms with Crippen molar-refractivity contribution < 1.29 is 14.0 Å². The molecular formula is C36H34N4O3. The number of anilines is 1. The summed E-state index contributed by atoms with van der Waals surface area (Å²) in [7, 11) is 0. The van der Waals surface area contributed by atoms with Gasteiger partial charge in [0.25, 0.3) is 5.91 Å². The van der Waals surface area contributed by atoms with Crippen LogP contribution in [0.3, 0.4) is 0 Å². The number of carbonyl (C=O) groups is 2. The van der Waals surface area contributed by atoms with Crippen LogP contribution in [0.2, 0.25) is 0 Å². The minimum absolute atomic E-state index is 0.0640. The van der Waals surface area contributed by atoms with E-state index >= 15 is 0 Å². The van der Waals surface area contributed by atoms with E-state index < -0.39 is 0 Å². The number of amides is 2. The molecule has 1 aromatic heterocycles. The maximum atomic E-state index is 13.2. The fraction of sp³-hybridized carbons (Fsp3) is 0.250. The van der Waals surface area contributed by atoms with Gasteiger partial charge < -0.3 is 15.1 Å². The Bertz CT molecular complexity index is 1860. The van der Waals surface area contributed by atoms with E-state index in [0.717, 1.165) is 58.9 Å². The largest absolute Gasteiger partial charge is 0.450 e. The van der Waals surface area contributed by atoms with Gasteiger partial charge in [0.2, 0.25) is 5.91 Å². The summed E-state index contributed by atoms with van der Waals surface area (Å²) in [4.78, 5) is 27.1. The van der Waals surface area contributed by atoms with Crippen molar-refractivity contribution in [1.82, 2.24) is 10.2 Å². The van der Waals surface area contributed by atoms with Crippen LogP contribution in [0.25, 0.3) is 32.9 Å². The van der Waals surface area contributed by atoms with Crippen molar-refractivity contribution in [2.75, 3.05) is 25.0 Å². The van der Waals surface area contributed by atoms with Gasteiger partial charge in [-0.2, -0.15) is 5.26 Å². The summed E-state index contributed by atoms with van der Waals surface area (Å²) < 4.78 is 6.15. The van der Waals surface area contributed by atoms with Gasteiger partial charge in [-0.15, -0.1) is 0 Å². The standard InChI is InChI=1S/C36H34N4O3/c1-23(40-15-13-26(14-16-40)27-8-6-10-30(18-27)39-24(2)41)22-38-36(42)34-20-29-19-33(28-9-5-7-25(17-28)21-37)31-11-3-4-12-32(31)35(29)43-34/h3-12,17-20,23,26H,13-16,22H2,1-2H3,(H,38,42)(H,39,41). The average molecular weight is 571 g/mol. The summed E-state index contributed by atoms with van der Waals surface area (Å²) in [6, 6.07) is 29.9. The SMILES string of the molecule is CC(=O)Nc1cccc(C2CCN(C(C)CNC(=O)c3cc4cc(-c5cccc(C#N)c5)c5ccccc5c4o3)CC2)c1. The topological polar surface area (TPSA) is 98.4 Å². The summed E-state index contributed by atoms with van der Waals surface area (Å²) in [6.45, 7) is 6.07. The first-order chi connectivity index (χ1) is 20.9. The van der Waals surface area contributed by atoms with Gasteiger partial charge in [0.15, 0.2) is 5.76 Å². The molecule has 2 amide bonds. The molecule has 0 spiro atoms. The van der Waals surface area contributed by atoms with E-state index in [1.165, 1.54) is 12.5 Å². The van der Waals surface area contributed by atoms with Gasteiger partial charge in [0.1, 0.15) is 5.58 Å². The van der Waals surface area contributed by atoms with Crippen molar-refractivity contribution in [2.45, 2.75) is 38.6 Å². The van der Waals surface area contributed by atoms with Crippen LogP contribution in [0.1, 0.15) is 54.3 Å². The van der Waals surface area contributed by atoms with E-state index in [-0.39, 0.29) is 23.6 Å². The zero-order valence-electron chi connectivity index (χ0n) is 24.4. The van der Waals surface area contributed by atoms with Crippen molar-refractivity contribution in [2.24, 2.45) is 0 Å². The second kappa shape index (κ2) is 12.1. The highest BCUT2D eigenvalue weighted by atomic mass is 16.3. The zero-order valence-corrected chi connectivity index (χ0v) is 24.4. The van der Waals surface area contributed by atoms with Crippen LogP contribution < -0.4 is 10.6 Å². The van der Waals surface area contributed by atoms with Gasteiger partial charge in [-0.1, -0.05) is 48.5 Å². The van der Waals surface area contributed by atoms with Crippen molar-refractivity contribution in [1.29, 1.82) is 5.26 Å². The van der Waals surface area contributed by atoms with Crippen LogP contribution >= 0.6 is 0 Å². The monoisotopic (exact) mass is 570 g/mol. The molecule has 1 aliphatic heterocycles. The van der Waals surface area contributed by atoms with E-state index in [0.29, 0.717) is 23.6 Å². The van der Waals surface area contributed by atoms with Crippen LogP contribution in [-0.2, 0) is 4.79 Å². The highest BCUT2D eigenvalue weighted by Crippen LogP contribution is 2.37.